The Morgan fingerprint density at radius 2 is 1.50 bits per heavy atom. The lowest BCUT2D eigenvalue weighted by molar-refractivity contribution is 0.0686. The molecule has 0 unspecified atom stereocenters. The largest absolute Gasteiger partial charge is 0.493 e. The smallest absolute Gasteiger partial charge is 0.341 e. The molecule has 0 aliphatic carbocycles. The molecule has 1 aliphatic rings. The molecule has 0 bridgehead atoms. The number of aliphatic imine (C=N–C) groups is 1. The number of rotatable bonds is 4. The van der Waals surface area contributed by atoms with Gasteiger partial charge in [-0.3, -0.25) is 4.79 Å². The first-order chi connectivity index (χ1) is 12.4. The number of hydrogen-bond acceptors (Lipinski definition) is 5. The summed E-state index contributed by atoms with van der Waals surface area (Å²) in [4.78, 5) is 30.6. The molecule has 26 heavy (non-hydrogen) atoms. The Kier molecular flexibility index (Phi) is 6.10. The zero-order chi connectivity index (χ0) is 19.3. The van der Waals surface area contributed by atoms with Crippen LogP contribution in [0.3, 0.4) is 0 Å². The fraction of sp³-hybridized carbons (Fsp3) is 0.438. The lowest BCUT2D eigenvalue weighted by Crippen LogP contribution is -2.52. The number of benzene rings is 1. The van der Waals surface area contributed by atoms with Gasteiger partial charge in [0.05, 0.1) is 26.9 Å². The summed E-state index contributed by atoms with van der Waals surface area (Å²) in [6, 6.07) is 2.44. The summed E-state index contributed by atoms with van der Waals surface area (Å²) >= 11 is 0. The molecule has 10 heteroatoms. The number of nitrogens with zero attached hydrogens (tertiary/aromatic N) is 3. The molecule has 1 aromatic rings. The van der Waals surface area contributed by atoms with Gasteiger partial charge in [0.15, 0.2) is 11.5 Å². The van der Waals surface area contributed by atoms with Crippen LogP contribution in [0, 0.1) is 0 Å². The molecule has 1 fully saturated rings. The second-order valence-electron chi connectivity index (χ2n) is 5.47. The Morgan fingerprint density at radius 1 is 0.923 bits per heavy atom. The van der Waals surface area contributed by atoms with Crippen molar-refractivity contribution in [3.8, 4) is 17.2 Å². The second-order valence-corrected chi connectivity index (χ2v) is 5.47. The van der Waals surface area contributed by atoms with Gasteiger partial charge in [0.1, 0.15) is 0 Å². The standard InChI is InChI=1S/C16H23N5O5/c1-24-11-5-4-10(12(25-2)13(11)26-3)14(22)20-6-8-21(9-7-20)15(17)19-16(18)23/h4-5H,6-9H2,1-3H3,(H4,17,18,19,23). The maximum Gasteiger partial charge on any atom is 0.341 e. The van der Waals surface area contributed by atoms with E-state index in [1.807, 2.05) is 0 Å². The van der Waals surface area contributed by atoms with Crippen molar-refractivity contribution < 1.29 is 23.8 Å². The van der Waals surface area contributed by atoms with Crippen LogP contribution in [0.5, 0.6) is 17.2 Å². The van der Waals surface area contributed by atoms with E-state index in [0.717, 1.165) is 0 Å². The number of methoxy groups -OCH3 is 3. The van der Waals surface area contributed by atoms with Gasteiger partial charge in [-0.2, -0.15) is 4.99 Å². The minimum absolute atomic E-state index is 0.0493. The summed E-state index contributed by atoms with van der Waals surface area (Å²) in [5.41, 5.74) is 11.1. The lowest BCUT2D eigenvalue weighted by Gasteiger charge is -2.35. The topological polar surface area (TPSA) is 133 Å². The van der Waals surface area contributed by atoms with Gasteiger partial charge in [0.2, 0.25) is 11.7 Å². The van der Waals surface area contributed by atoms with E-state index in [9.17, 15) is 9.59 Å². The van der Waals surface area contributed by atoms with Gasteiger partial charge in [-0.05, 0) is 12.1 Å². The number of amides is 3. The summed E-state index contributed by atoms with van der Waals surface area (Å²) < 4.78 is 15.9. The number of primary amides is 1. The van der Waals surface area contributed by atoms with Crippen molar-refractivity contribution in [2.24, 2.45) is 16.5 Å². The maximum absolute atomic E-state index is 12.9. The molecule has 3 amide bonds. The molecule has 0 spiro atoms. The number of hydrogen-bond donors (Lipinski definition) is 2. The summed E-state index contributed by atoms with van der Waals surface area (Å²) in [5, 5.41) is 0. The molecule has 1 heterocycles. The molecular formula is C16H23N5O5. The molecule has 2 rings (SSSR count). The van der Waals surface area contributed by atoms with Gasteiger partial charge in [-0.1, -0.05) is 0 Å². The van der Waals surface area contributed by atoms with E-state index in [-0.39, 0.29) is 11.9 Å². The van der Waals surface area contributed by atoms with Gasteiger partial charge >= 0.3 is 6.03 Å². The zero-order valence-corrected chi connectivity index (χ0v) is 15.0. The van der Waals surface area contributed by atoms with Crippen LogP contribution in [0.15, 0.2) is 17.1 Å². The summed E-state index contributed by atoms with van der Waals surface area (Å²) in [5.74, 6) is 0.994. The van der Waals surface area contributed by atoms with Gasteiger partial charge in [-0.15, -0.1) is 0 Å². The van der Waals surface area contributed by atoms with E-state index in [1.54, 1.807) is 21.9 Å². The molecule has 0 radical (unpaired) electrons. The molecule has 1 saturated heterocycles. The molecular weight excluding hydrogens is 342 g/mol. The van der Waals surface area contributed by atoms with Crippen LogP contribution < -0.4 is 25.7 Å². The van der Waals surface area contributed by atoms with E-state index >= 15 is 0 Å². The Bertz CT molecular complexity index is 713. The summed E-state index contributed by atoms with van der Waals surface area (Å²) in [6.07, 6.45) is 0. The first-order valence-corrected chi connectivity index (χ1v) is 7.89. The monoisotopic (exact) mass is 365 g/mol. The van der Waals surface area contributed by atoms with Crippen LogP contribution in [0.2, 0.25) is 0 Å². The maximum atomic E-state index is 12.9. The van der Waals surface area contributed by atoms with E-state index < -0.39 is 6.03 Å². The Balaban J connectivity index is 2.17. The highest BCUT2D eigenvalue weighted by molar-refractivity contribution is 5.98. The quantitative estimate of drug-likeness (QED) is 0.560. The first-order valence-electron chi connectivity index (χ1n) is 7.89. The van der Waals surface area contributed by atoms with Gasteiger partial charge < -0.3 is 35.5 Å². The Hall–Kier alpha value is -3.17. The van der Waals surface area contributed by atoms with Crippen LogP contribution in [0.25, 0.3) is 0 Å². The van der Waals surface area contributed by atoms with Gasteiger partial charge in [0, 0.05) is 26.2 Å². The average Bonchev–Trinajstić information content (AvgIpc) is 2.65. The Labute approximate surface area is 151 Å². The second kappa shape index (κ2) is 8.28. The van der Waals surface area contributed by atoms with Crippen LogP contribution in [-0.4, -0.2) is 75.2 Å². The van der Waals surface area contributed by atoms with Crippen LogP contribution in [-0.2, 0) is 0 Å². The minimum atomic E-state index is -0.851. The number of nitrogens with two attached hydrogens (primary N) is 2. The lowest BCUT2D eigenvalue weighted by atomic mass is 10.1. The van der Waals surface area contributed by atoms with Crippen molar-refractivity contribution in [3.05, 3.63) is 17.7 Å². The molecule has 142 valence electrons. The normalized spacial score (nSPS) is 14.8. The van der Waals surface area contributed by atoms with Crippen molar-refractivity contribution in [1.82, 2.24) is 9.80 Å². The van der Waals surface area contributed by atoms with Crippen LogP contribution in [0.1, 0.15) is 10.4 Å². The van der Waals surface area contributed by atoms with Crippen LogP contribution >= 0.6 is 0 Å². The summed E-state index contributed by atoms with van der Waals surface area (Å²) in [7, 11) is 4.46. The van der Waals surface area contributed by atoms with Crippen LogP contribution in [0.4, 0.5) is 4.79 Å². The SMILES string of the molecule is COc1ccc(C(=O)N2CCN(C(N)=NC(N)=O)CC2)c(OC)c1OC. The van der Waals surface area contributed by atoms with E-state index in [2.05, 4.69) is 4.99 Å². The fourth-order valence-electron chi connectivity index (χ4n) is 2.76. The Morgan fingerprint density at radius 3 is 2.00 bits per heavy atom. The van der Waals surface area contributed by atoms with Crippen molar-refractivity contribution >= 4 is 17.9 Å². The number of carbonyl (C=O) groups excluding carboxylic acids is 2. The number of urea groups is 1. The molecule has 1 aromatic carbocycles. The van der Waals surface area contributed by atoms with Crippen molar-refractivity contribution in [1.29, 1.82) is 0 Å². The molecule has 1 aliphatic heterocycles. The number of ether oxygens (including phenoxy) is 3. The fourth-order valence-corrected chi connectivity index (χ4v) is 2.76. The van der Waals surface area contributed by atoms with Crippen molar-refractivity contribution in [2.75, 3.05) is 47.5 Å². The number of carbonyl (C=O) groups is 2. The van der Waals surface area contributed by atoms with E-state index in [0.29, 0.717) is 49.0 Å². The van der Waals surface area contributed by atoms with Crippen molar-refractivity contribution in [3.63, 3.8) is 0 Å². The molecule has 4 N–H and O–H groups in total. The molecule has 0 atom stereocenters. The average molecular weight is 365 g/mol. The number of piperazine rings is 1. The molecule has 10 nitrogen and oxygen atoms in total. The minimum Gasteiger partial charge on any atom is -0.493 e. The molecule has 0 aromatic heterocycles. The third-order valence-corrected chi connectivity index (χ3v) is 4.05. The number of guanidine groups is 1. The predicted molar refractivity (Wildman–Crippen MR) is 94.8 cm³/mol. The van der Waals surface area contributed by atoms with Gasteiger partial charge in [-0.25, -0.2) is 4.79 Å². The summed E-state index contributed by atoms with van der Waals surface area (Å²) in [6.45, 7) is 1.69. The predicted octanol–water partition coefficient (Wildman–Crippen LogP) is -0.136. The highest BCUT2D eigenvalue weighted by atomic mass is 16.5. The highest BCUT2D eigenvalue weighted by Crippen LogP contribution is 2.40. The van der Waals surface area contributed by atoms with Gasteiger partial charge in [0.25, 0.3) is 5.91 Å². The highest BCUT2D eigenvalue weighted by Gasteiger charge is 2.27. The molecule has 0 saturated carbocycles. The van der Waals surface area contributed by atoms with E-state index in [4.69, 9.17) is 25.7 Å². The van der Waals surface area contributed by atoms with E-state index in [1.165, 1.54) is 21.3 Å². The van der Waals surface area contributed by atoms with Crippen molar-refractivity contribution in [2.45, 2.75) is 0 Å². The third-order valence-electron chi connectivity index (χ3n) is 4.05. The zero-order valence-electron chi connectivity index (χ0n) is 15.0. The third kappa shape index (κ3) is 3.90. The first kappa shape index (κ1) is 19.2.